The van der Waals surface area contributed by atoms with E-state index in [1.54, 1.807) is 0 Å². The number of morpholine rings is 1. The van der Waals surface area contributed by atoms with Crippen LogP contribution in [0.5, 0.6) is 0 Å². The van der Waals surface area contributed by atoms with Crippen LogP contribution in [0.4, 0.5) is 0 Å². The number of sulfonamides is 1. The Morgan fingerprint density at radius 2 is 2.05 bits per heavy atom. The molecule has 2 fully saturated rings. The van der Waals surface area contributed by atoms with Gasteiger partial charge < -0.3 is 10.1 Å². The first-order chi connectivity index (χ1) is 10.2. The summed E-state index contributed by atoms with van der Waals surface area (Å²) in [6.45, 7) is 6.01. The van der Waals surface area contributed by atoms with Gasteiger partial charge in [-0.05, 0) is 38.8 Å². The summed E-state index contributed by atoms with van der Waals surface area (Å²) in [6.07, 6.45) is 5.11. The standard InChI is InChI=1S/C14H29N3O3S/c18-21(19,13-5-14-4-1-2-6-15-14)16-7-3-8-17-9-11-20-12-10-17/h14-16H,1-13H2. The van der Waals surface area contributed by atoms with Crippen LogP contribution in [0.15, 0.2) is 0 Å². The minimum absolute atomic E-state index is 0.238. The lowest BCUT2D eigenvalue weighted by Gasteiger charge is -2.26. The lowest BCUT2D eigenvalue weighted by Crippen LogP contribution is -2.39. The highest BCUT2D eigenvalue weighted by atomic mass is 32.2. The van der Waals surface area contributed by atoms with Crippen molar-refractivity contribution in [1.29, 1.82) is 0 Å². The summed E-state index contributed by atoms with van der Waals surface area (Å²) in [5.41, 5.74) is 0. The zero-order chi connectivity index (χ0) is 15.0. The van der Waals surface area contributed by atoms with Gasteiger partial charge in [-0.3, -0.25) is 4.90 Å². The molecule has 6 nitrogen and oxygen atoms in total. The van der Waals surface area contributed by atoms with Gasteiger partial charge in [0.1, 0.15) is 0 Å². The molecule has 0 saturated carbocycles. The second-order valence-corrected chi connectivity index (χ2v) is 7.88. The summed E-state index contributed by atoms with van der Waals surface area (Å²) in [5.74, 6) is 0.238. The molecular weight excluding hydrogens is 290 g/mol. The van der Waals surface area contributed by atoms with Crippen molar-refractivity contribution in [3.05, 3.63) is 0 Å². The van der Waals surface area contributed by atoms with Crippen molar-refractivity contribution in [2.45, 2.75) is 38.1 Å². The third-order valence-electron chi connectivity index (χ3n) is 4.22. The predicted molar refractivity (Wildman–Crippen MR) is 83.9 cm³/mol. The maximum Gasteiger partial charge on any atom is 0.211 e. The number of nitrogens with zero attached hydrogens (tertiary/aromatic N) is 1. The highest BCUT2D eigenvalue weighted by molar-refractivity contribution is 7.89. The molecule has 0 aliphatic carbocycles. The summed E-state index contributed by atoms with van der Waals surface area (Å²) < 4.78 is 31.9. The van der Waals surface area contributed by atoms with Gasteiger partial charge in [0.05, 0.1) is 19.0 Å². The second kappa shape index (κ2) is 9.05. The van der Waals surface area contributed by atoms with E-state index in [2.05, 4.69) is 14.9 Å². The molecule has 124 valence electrons. The van der Waals surface area contributed by atoms with E-state index < -0.39 is 10.0 Å². The van der Waals surface area contributed by atoms with Crippen LogP contribution in [0, 0.1) is 0 Å². The number of hydrogen-bond acceptors (Lipinski definition) is 5. The van der Waals surface area contributed by atoms with E-state index in [1.807, 2.05) is 0 Å². The molecule has 2 aliphatic rings. The van der Waals surface area contributed by atoms with Crippen LogP contribution in [0.25, 0.3) is 0 Å². The quantitative estimate of drug-likeness (QED) is 0.624. The third-order valence-corrected chi connectivity index (χ3v) is 5.64. The SMILES string of the molecule is O=S(=O)(CCC1CCCCN1)NCCCN1CCOCC1. The fraction of sp³-hybridized carbons (Fsp3) is 1.00. The number of rotatable bonds is 8. The van der Waals surface area contributed by atoms with Crippen molar-refractivity contribution in [3.63, 3.8) is 0 Å². The van der Waals surface area contributed by atoms with E-state index in [1.165, 1.54) is 12.8 Å². The van der Waals surface area contributed by atoms with E-state index in [9.17, 15) is 8.42 Å². The molecule has 0 radical (unpaired) electrons. The van der Waals surface area contributed by atoms with Gasteiger partial charge in [-0.25, -0.2) is 13.1 Å². The molecule has 2 heterocycles. The van der Waals surface area contributed by atoms with Crippen LogP contribution in [-0.2, 0) is 14.8 Å². The normalized spacial score (nSPS) is 25.0. The Bertz CT molecular complexity index is 377. The highest BCUT2D eigenvalue weighted by Crippen LogP contribution is 2.10. The molecule has 21 heavy (non-hydrogen) atoms. The lowest BCUT2D eigenvalue weighted by molar-refractivity contribution is 0.0376. The van der Waals surface area contributed by atoms with Crippen LogP contribution in [0.3, 0.4) is 0 Å². The summed E-state index contributed by atoms with van der Waals surface area (Å²) >= 11 is 0. The Kier molecular flexibility index (Phi) is 7.39. The Morgan fingerprint density at radius 1 is 1.24 bits per heavy atom. The molecule has 2 rings (SSSR count). The average Bonchev–Trinajstić information content (AvgIpc) is 2.52. The fourth-order valence-electron chi connectivity index (χ4n) is 2.90. The van der Waals surface area contributed by atoms with Crippen molar-refractivity contribution in [2.24, 2.45) is 0 Å². The van der Waals surface area contributed by atoms with Gasteiger partial charge in [0.15, 0.2) is 0 Å². The van der Waals surface area contributed by atoms with E-state index in [-0.39, 0.29) is 5.75 Å². The number of nitrogens with one attached hydrogen (secondary N) is 2. The Labute approximate surface area is 128 Å². The Balaban J connectivity index is 1.55. The smallest absolute Gasteiger partial charge is 0.211 e. The van der Waals surface area contributed by atoms with Crippen molar-refractivity contribution >= 4 is 10.0 Å². The van der Waals surface area contributed by atoms with Crippen LogP contribution in [0.1, 0.15) is 32.1 Å². The van der Waals surface area contributed by atoms with E-state index in [4.69, 9.17) is 4.74 Å². The van der Waals surface area contributed by atoms with Crippen LogP contribution < -0.4 is 10.0 Å². The number of ether oxygens (including phenoxy) is 1. The average molecular weight is 319 g/mol. The van der Waals surface area contributed by atoms with Crippen LogP contribution >= 0.6 is 0 Å². The molecule has 0 bridgehead atoms. The first-order valence-electron chi connectivity index (χ1n) is 8.16. The molecule has 0 aromatic heterocycles. The first-order valence-corrected chi connectivity index (χ1v) is 9.82. The minimum Gasteiger partial charge on any atom is -0.379 e. The van der Waals surface area contributed by atoms with Gasteiger partial charge in [-0.15, -0.1) is 0 Å². The number of piperidine rings is 1. The Hall–Kier alpha value is -0.210. The second-order valence-electron chi connectivity index (χ2n) is 5.96. The molecule has 1 unspecified atom stereocenters. The summed E-state index contributed by atoms with van der Waals surface area (Å²) in [6, 6.07) is 0.378. The van der Waals surface area contributed by atoms with Crippen LogP contribution in [0.2, 0.25) is 0 Å². The topological polar surface area (TPSA) is 70.7 Å². The van der Waals surface area contributed by atoms with Gasteiger partial charge in [0.25, 0.3) is 0 Å². The van der Waals surface area contributed by atoms with Gasteiger partial charge in [0, 0.05) is 25.7 Å². The molecular formula is C14H29N3O3S. The zero-order valence-electron chi connectivity index (χ0n) is 12.8. The molecule has 0 aromatic carbocycles. The molecule has 7 heteroatoms. The van der Waals surface area contributed by atoms with Gasteiger partial charge in [-0.2, -0.15) is 0 Å². The molecule has 2 N–H and O–H groups in total. The molecule has 2 saturated heterocycles. The monoisotopic (exact) mass is 319 g/mol. The van der Waals surface area contributed by atoms with E-state index in [0.29, 0.717) is 12.6 Å². The highest BCUT2D eigenvalue weighted by Gasteiger charge is 2.17. The molecule has 0 aromatic rings. The summed E-state index contributed by atoms with van der Waals surface area (Å²) in [5, 5.41) is 3.39. The maximum absolute atomic E-state index is 12.0. The maximum atomic E-state index is 12.0. The number of hydrogen-bond donors (Lipinski definition) is 2. The van der Waals surface area contributed by atoms with Crippen molar-refractivity contribution in [2.75, 3.05) is 51.7 Å². The van der Waals surface area contributed by atoms with E-state index in [0.717, 1.165) is 58.7 Å². The Morgan fingerprint density at radius 3 is 2.76 bits per heavy atom. The van der Waals surface area contributed by atoms with Gasteiger partial charge in [-0.1, -0.05) is 6.42 Å². The largest absolute Gasteiger partial charge is 0.379 e. The fourth-order valence-corrected chi connectivity index (χ4v) is 4.09. The molecule has 2 aliphatic heterocycles. The zero-order valence-corrected chi connectivity index (χ0v) is 13.7. The van der Waals surface area contributed by atoms with E-state index >= 15 is 0 Å². The first kappa shape index (κ1) is 17.1. The molecule has 0 spiro atoms. The predicted octanol–water partition coefficient (Wildman–Crippen LogP) is 0.160. The third kappa shape index (κ3) is 7.06. The van der Waals surface area contributed by atoms with Crippen molar-refractivity contribution in [3.8, 4) is 0 Å². The van der Waals surface area contributed by atoms with Crippen molar-refractivity contribution < 1.29 is 13.2 Å². The van der Waals surface area contributed by atoms with Gasteiger partial charge >= 0.3 is 0 Å². The molecule has 1 atom stereocenters. The molecule has 0 amide bonds. The minimum atomic E-state index is -3.12. The van der Waals surface area contributed by atoms with Gasteiger partial charge in [0.2, 0.25) is 10.0 Å². The van der Waals surface area contributed by atoms with Crippen molar-refractivity contribution in [1.82, 2.24) is 14.9 Å². The summed E-state index contributed by atoms with van der Waals surface area (Å²) in [7, 11) is -3.12. The summed E-state index contributed by atoms with van der Waals surface area (Å²) in [4.78, 5) is 2.32. The lowest BCUT2D eigenvalue weighted by atomic mass is 10.0. The van der Waals surface area contributed by atoms with Crippen LogP contribution in [-0.4, -0.2) is 71.0 Å².